The monoisotopic (exact) mass is 183 g/mol. The first kappa shape index (κ1) is 10.1. The second-order valence-electron chi connectivity index (χ2n) is 1.57. The van der Waals surface area contributed by atoms with E-state index in [4.69, 9.17) is 9.81 Å². The highest BCUT2D eigenvalue weighted by atomic mass is 32.2. The van der Waals surface area contributed by atoms with E-state index in [9.17, 15) is 12.9 Å². The van der Waals surface area contributed by atoms with Crippen LogP contribution in [0.25, 0.3) is 0 Å². The normalized spacial score (nSPS) is 10.6. The van der Waals surface area contributed by atoms with Crippen LogP contribution < -0.4 is 5.43 Å². The summed E-state index contributed by atoms with van der Waals surface area (Å²) < 4.78 is 39.9. The Morgan fingerprint density at radius 3 is 2.64 bits per heavy atom. The van der Waals surface area contributed by atoms with Crippen LogP contribution in [0.15, 0.2) is 0 Å². The third kappa shape index (κ3) is 6.98. The highest BCUT2D eigenvalue weighted by Gasteiger charge is 2.04. The summed E-state index contributed by atoms with van der Waals surface area (Å²) in [4.78, 5) is 0. The van der Waals surface area contributed by atoms with Crippen molar-refractivity contribution in [3.8, 4) is 6.19 Å². The van der Waals surface area contributed by atoms with Gasteiger partial charge in [-0.05, 0) is 0 Å². The molecular weight excluding hydrogens is 177 g/mol. The Bertz CT molecular complexity index is 245. The number of nitriles is 1. The van der Waals surface area contributed by atoms with Crippen LogP contribution in [0, 0.1) is 11.5 Å². The largest absolute Gasteiger partial charge is 0.286 e. The zero-order chi connectivity index (χ0) is 8.91. The summed E-state index contributed by atoms with van der Waals surface area (Å²) in [5, 5.41) is 7.34. The molecular formula is C3H6FN3O3S. The van der Waals surface area contributed by atoms with Gasteiger partial charge in [-0.2, -0.15) is 19.1 Å². The standard InChI is InChI=1S/C3H6FN3O3S/c4-7(3-5)6-1-2-11(8,9)10/h6H,1-2H2,(H,8,9,10). The zero-order valence-electron chi connectivity index (χ0n) is 5.36. The van der Waals surface area contributed by atoms with Crippen molar-refractivity contribution in [1.29, 1.82) is 5.26 Å². The molecule has 6 nitrogen and oxygen atoms in total. The van der Waals surface area contributed by atoms with Crippen molar-refractivity contribution in [2.75, 3.05) is 12.3 Å². The van der Waals surface area contributed by atoms with Crippen LogP contribution in [0.3, 0.4) is 0 Å². The molecule has 8 heteroatoms. The number of hydrazine groups is 1. The van der Waals surface area contributed by atoms with Crippen molar-refractivity contribution in [2.45, 2.75) is 0 Å². The van der Waals surface area contributed by atoms with Crippen molar-refractivity contribution in [3.63, 3.8) is 0 Å². The van der Waals surface area contributed by atoms with Crippen LogP contribution in [0.5, 0.6) is 0 Å². The van der Waals surface area contributed by atoms with Gasteiger partial charge in [0.25, 0.3) is 10.1 Å². The first-order valence-electron chi connectivity index (χ1n) is 2.50. The maximum absolute atomic E-state index is 11.8. The van der Waals surface area contributed by atoms with Crippen LogP contribution in [0.4, 0.5) is 4.48 Å². The van der Waals surface area contributed by atoms with Crippen LogP contribution in [-0.4, -0.2) is 30.5 Å². The second-order valence-corrected chi connectivity index (χ2v) is 3.15. The number of nitrogens with one attached hydrogen (secondary N) is 1. The molecule has 0 atom stereocenters. The third-order valence-electron chi connectivity index (χ3n) is 0.698. The maximum atomic E-state index is 11.8. The second kappa shape index (κ2) is 4.07. The van der Waals surface area contributed by atoms with Crippen LogP contribution >= 0.6 is 0 Å². The molecule has 0 aromatic heterocycles. The minimum atomic E-state index is -4.09. The smallest absolute Gasteiger partial charge is 0.266 e. The average molecular weight is 183 g/mol. The quantitative estimate of drug-likeness (QED) is 0.192. The van der Waals surface area contributed by atoms with E-state index in [0.717, 1.165) is 6.19 Å². The molecule has 0 aliphatic carbocycles. The first-order valence-corrected chi connectivity index (χ1v) is 4.11. The van der Waals surface area contributed by atoms with Gasteiger partial charge in [0.05, 0.1) is 5.75 Å². The summed E-state index contributed by atoms with van der Waals surface area (Å²) in [7, 11) is -4.09. The fourth-order valence-corrected chi connectivity index (χ4v) is 0.657. The fourth-order valence-electron chi connectivity index (χ4n) is 0.308. The van der Waals surface area contributed by atoms with E-state index >= 15 is 0 Å². The van der Waals surface area contributed by atoms with Gasteiger partial charge in [-0.1, -0.05) is 9.71 Å². The summed E-state index contributed by atoms with van der Waals surface area (Å²) in [6, 6.07) is 0. The highest BCUT2D eigenvalue weighted by Crippen LogP contribution is 1.81. The average Bonchev–Trinajstić information content (AvgIpc) is 1.85. The van der Waals surface area contributed by atoms with Crippen LogP contribution in [-0.2, 0) is 10.1 Å². The van der Waals surface area contributed by atoms with Crippen LogP contribution in [0.1, 0.15) is 0 Å². The Morgan fingerprint density at radius 2 is 2.27 bits per heavy atom. The predicted molar refractivity (Wildman–Crippen MR) is 33.0 cm³/mol. The van der Waals surface area contributed by atoms with Crippen molar-refractivity contribution >= 4 is 10.1 Å². The number of halogens is 1. The van der Waals surface area contributed by atoms with Gasteiger partial charge in [0, 0.05) is 6.54 Å². The molecule has 0 amide bonds. The molecule has 0 spiro atoms. The van der Waals surface area contributed by atoms with E-state index < -0.39 is 21.1 Å². The van der Waals surface area contributed by atoms with Crippen molar-refractivity contribution in [2.24, 2.45) is 0 Å². The van der Waals surface area contributed by atoms with E-state index in [1.54, 1.807) is 5.43 Å². The highest BCUT2D eigenvalue weighted by molar-refractivity contribution is 7.85. The Morgan fingerprint density at radius 1 is 1.73 bits per heavy atom. The van der Waals surface area contributed by atoms with Gasteiger partial charge in [0.2, 0.25) is 6.19 Å². The molecule has 0 bridgehead atoms. The first-order chi connectivity index (χ1) is 4.95. The van der Waals surface area contributed by atoms with Crippen molar-refractivity contribution < 1.29 is 17.5 Å². The van der Waals surface area contributed by atoms with Gasteiger partial charge < -0.3 is 0 Å². The van der Waals surface area contributed by atoms with Crippen molar-refractivity contribution in [3.05, 3.63) is 0 Å². The lowest BCUT2D eigenvalue weighted by atomic mass is 10.8. The molecule has 0 rings (SSSR count). The molecule has 0 aliphatic heterocycles. The molecule has 11 heavy (non-hydrogen) atoms. The fraction of sp³-hybridized carbons (Fsp3) is 0.667. The molecule has 0 unspecified atom stereocenters. The molecule has 0 radical (unpaired) electrons. The SMILES string of the molecule is N#CN(F)NCCS(=O)(=O)O. The Labute approximate surface area is 62.9 Å². The molecule has 0 fully saturated rings. The van der Waals surface area contributed by atoms with Gasteiger partial charge in [-0.3, -0.25) is 4.55 Å². The van der Waals surface area contributed by atoms with E-state index in [1.807, 2.05) is 0 Å². The minimum Gasteiger partial charge on any atom is -0.286 e. The zero-order valence-corrected chi connectivity index (χ0v) is 6.18. The summed E-state index contributed by atoms with van der Waals surface area (Å²) >= 11 is 0. The number of hydrogen-bond donors (Lipinski definition) is 2. The lowest BCUT2D eigenvalue weighted by Crippen LogP contribution is -2.31. The van der Waals surface area contributed by atoms with Gasteiger partial charge in [-0.15, -0.1) is 0 Å². The van der Waals surface area contributed by atoms with Gasteiger partial charge >= 0.3 is 0 Å². The number of nitrogens with zero attached hydrogens (tertiary/aromatic N) is 2. The molecule has 2 N–H and O–H groups in total. The summed E-state index contributed by atoms with van der Waals surface area (Å²) in [5.74, 6) is -0.644. The molecule has 0 saturated heterocycles. The van der Waals surface area contributed by atoms with Gasteiger partial charge in [0.15, 0.2) is 0 Å². The molecule has 0 aromatic carbocycles. The number of rotatable bonds is 4. The Balaban J connectivity index is 3.53. The van der Waals surface area contributed by atoms with Crippen LogP contribution in [0.2, 0.25) is 0 Å². The lowest BCUT2D eigenvalue weighted by Gasteiger charge is -2.02. The van der Waals surface area contributed by atoms with E-state index in [1.165, 1.54) is 0 Å². The molecule has 0 aliphatic rings. The minimum absolute atomic E-state index is 0.358. The van der Waals surface area contributed by atoms with E-state index in [0.29, 0.717) is 0 Å². The number of hydrogen-bond acceptors (Lipinski definition) is 5. The van der Waals surface area contributed by atoms with Gasteiger partial charge in [-0.25, -0.2) is 0 Å². The topological polar surface area (TPSA) is 93.4 Å². The Hall–Kier alpha value is -0.910. The molecule has 64 valence electrons. The Kier molecular flexibility index (Phi) is 3.73. The van der Waals surface area contributed by atoms with E-state index in [-0.39, 0.29) is 6.54 Å². The lowest BCUT2D eigenvalue weighted by molar-refractivity contribution is 0.0411. The predicted octanol–water partition coefficient (Wildman–Crippen LogP) is -0.954. The summed E-state index contributed by atoms with van der Waals surface area (Å²) in [5.41, 5.74) is 1.76. The molecule has 0 saturated carbocycles. The van der Waals surface area contributed by atoms with Gasteiger partial charge in [0.1, 0.15) is 0 Å². The van der Waals surface area contributed by atoms with Crippen molar-refractivity contribution in [1.82, 2.24) is 10.7 Å². The summed E-state index contributed by atoms with van der Waals surface area (Å²) in [6.07, 6.45) is 1.03. The summed E-state index contributed by atoms with van der Waals surface area (Å²) in [6.45, 7) is -0.358. The van der Waals surface area contributed by atoms with E-state index in [2.05, 4.69) is 0 Å². The third-order valence-corrected chi connectivity index (χ3v) is 1.42. The molecule has 0 heterocycles. The molecule has 0 aromatic rings. The maximum Gasteiger partial charge on any atom is 0.266 e.